The van der Waals surface area contributed by atoms with Gasteiger partial charge in [0.2, 0.25) is 5.88 Å². The van der Waals surface area contributed by atoms with Gasteiger partial charge in [0.05, 0.1) is 18.8 Å². The zero-order chi connectivity index (χ0) is 14.9. The zero-order valence-corrected chi connectivity index (χ0v) is 12.2. The molecule has 1 aromatic heterocycles. The summed E-state index contributed by atoms with van der Waals surface area (Å²) in [7, 11) is 0. The number of aryl methyl sites for hydroxylation is 1. The van der Waals surface area contributed by atoms with Gasteiger partial charge in [-0.25, -0.2) is 9.78 Å². The van der Waals surface area contributed by atoms with Gasteiger partial charge in [-0.3, -0.25) is 4.90 Å². The van der Waals surface area contributed by atoms with Crippen molar-refractivity contribution in [1.29, 1.82) is 0 Å². The number of carbonyl (C=O) groups is 1. The predicted molar refractivity (Wildman–Crippen MR) is 74.1 cm³/mol. The van der Waals surface area contributed by atoms with E-state index in [4.69, 9.17) is 9.84 Å². The van der Waals surface area contributed by atoms with Crippen LogP contribution >= 0.6 is 0 Å². The first-order chi connectivity index (χ1) is 9.26. The van der Waals surface area contributed by atoms with Crippen LogP contribution in [0.1, 0.15) is 32.2 Å². The van der Waals surface area contributed by atoms with E-state index < -0.39 is 6.09 Å². The van der Waals surface area contributed by atoms with Gasteiger partial charge in [0.1, 0.15) is 12.3 Å². The molecule has 1 aliphatic heterocycles. The Morgan fingerprint density at radius 1 is 1.40 bits per heavy atom. The Bertz CT molecular complexity index is 525. The van der Waals surface area contributed by atoms with E-state index >= 15 is 0 Å². The van der Waals surface area contributed by atoms with Crippen molar-refractivity contribution in [3.8, 4) is 5.88 Å². The van der Waals surface area contributed by atoms with E-state index in [2.05, 4.69) is 15.3 Å². The molecule has 1 aromatic rings. The van der Waals surface area contributed by atoms with E-state index in [1.807, 2.05) is 27.7 Å². The van der Waals surface area contributed by atoms with Crippen LogP contribution < -0.4 is 10.1 Å². The maximum Gasteiger partial charge on any atom is 0.407 e. The summed E-state index contributed by atoms with van der Waals surface area (Å²) in [6.45, 7) is 8.75. The largest absolute Gasteiger partial charge is 0.474 e. The summed E-state index contributed by atoms with van der Waals surface area (Å²) in [5.41, 5.74) is 1.15. The minimum absolute atomic E-state index is 0.133. The molecule has 7 nitrogen and oxygen atoms in total. The van der Waals surface area contributed by atoms with Gasteiger partial charge in [0, 0.05) is 5.54 Å². The first kappa shape index (κ1) is 14.4. The number of ether oxygens (including phenoxy) is 1. The van der Waals surface area contributed by atoms with Gasteiger partial charge in [-0.15, -0.1) is 0 Å². The molecule has 2 rings (SSSR count). The van der Waals surface area contributed by atoms with E-state index in [0.29, 0.717) is 23.9 Å². The minimum atomic E-state index is -0.974. The van der Waals surface area contributed by atoms with Gasteiger partial charge in [0.15, 0.2) is 5.82 Å². The number of nitrogens with one attached hydrogen (secondary N) is 1. The number of hydrogen-bond acceptors (Lipinski definition) is 5. The number of aromatic nitrogens is 2. The predicted octanol–water partition coefficient (Wildman–Crippen LogP) is 1.87. The molecule has 2 heterocycles. The van der Waals surface area contributed by atoms with Crippen LogP contribution in [0.4, 0.5) is 10.6 Å². The minimum Gasteiger partial charge on any atom is -0.474 e. The standard InChI is InChI=1S/C13H20N4O3/c1-8-10(16-13(2,3)4)15-11-9(14-8)7-17(12(18)19)5-6-20-11/h5-7H2,1-4H3,(H,15,16)(H,18,19). The quantitative estimate of drug-likeness (QED) is 0.816. The third kappa shape index (κ3) is 3.28. The number of rotatable bonds is 1. The van der Waals surface area contributed by atoms with E-state index in [0.717, 1.165) is 5.69 Å². The van der Waals surface area contributed by atoms with Gasteiger partial charge < -0.3 is 15.2 Å². The van der Waals surface area contributed by atoms with Crippen molar-refractivity contribution in [2.75, 3.05) is 18.5 Å². The van der Waals surface area contributed by atoms with Crippen LogP contribution in [0.2, 0.25) is 0 Å². The fraction of sp³-hybridized carbons (Fsp3) is 0.615. The van der Waals surface area contributed by atoms with Crippen molar-refractivity contribution in [2.24, 2.45) is 0 Å². The summed E-state index contributed by atoms with van der Waals surface area (Å²) >= 11 is 0. The Hall–Kier alpha value is -2.05. The average Bonchev–Trinajstić information content (AvgIpc) is 2.50. The summed E-state index contributed by atoms with van der Waals surface area (Å²) in [5, 5.41) is 12.3. The molecule has 0 bridgehead atoms. The lowest BCUT2D eigenvalue weighted by Crippen LogP contribution is -2.31. The van der Waals surface area contributed by atoms with E-state index in [9.17, 15) is 4.79 Å². The SMILES string of the molecule is Cc1nc2c(nc1NC(C)(C)C)OCCN(C(=O)O)C2. The van der Waals surface area contributed by atoms with Crippen molar-refractivity contribution >= 4 is 11.9 Å². The zero-order valence-electron chi connectivity index (χ0n) is 12.2. The van der Waals surface area contributed by atoms with Crippen molar-refractivity contribution in [3.05, 3.63) is 11.4 Å². The van der Waals surface area contributed by atoms with Crippen molar-refractivity contribution in [1.82, 2.24) is 14.9 Å². The van der Waals surface area contributed by atoms with E-state index in [1.54, 1.807) is 0 Å². The molecule has 0 spiro atoms. The van der Waals surface area contributed by atoms with Crippen LogP contribution in [-0.2, 0) is 6.54 Å². The summed E-state index contributed by atoms with van der Waals surface area (Å²) in [6.07, 6.45) is -0.974. The highest BCUT2D eigenvalue weighted by molar-refractivity contribution is 5.65. The topological polar surface area (TPSA) is 87.6 Å². The fourth-order valence-electron chi connectivity index (χ4n) is 1.92. The second kappa shape index (κ2) is 5.15. The fourth-order valence-corrected chi connectivity index (χ4v) is 1.92. The van der Waals surface area contributed by atoms with E-state index in [1.165, 1.54) is 4.90 Å². The van der Waals surface area contributed by atoms with Gasteiger partial charge in [-0.05, 0) is 27.7 Å². The molecule has 0 fully saturated rings. The molecule has 0 radical (unpaired) electrons. The molecule has 7 heteroatoms. The lowest BCUT2D eigenvalue weighted by Gasteiger charge is -2.23. The highest BCUT2D eigenvalue weighted by Gasteiger charge is 2.23. The number of anilines is 1. The molecule has 110 valence electrons. The van der Waals surface area contributed by atoms with Crippen molar-refractivity contribution in [2.45, 2.75) is 39.8 Å². The lowest BCUT2D eigenvalue weighted by molar-refractivity contribution is 0.137. The third-order valence-corrected chi connectivity index (χ3v) is 2.81. The molecule has 2 N–H and O–H groups in total. The summed E-state index contributed by atoms with van der Waals surface area (Å²) in [5.74, 6) is 1.08. The summed E-state index contributed by atoms with van der Waals surface area (Å²) in [6, 6.07) is 0. The Morgan fingerprint density at radius 2 is 2.10 bits per heavy atom. The summed E-state index contributed by atoms with van der Waals surface area (Å²) < 4.78 is 5.52. The van der Waals surface area contributed by atoms with Crippen LogP contribution in [0.25, 0.3) is 0 Å². The number of amides is 1. The second-order valence-electron chi connectivity index (χ2n) is 5.84. The number of hydrogen-bond donors (Lipinski definition) is 2. The molecule has 0 unspecified atom stereocenters. The Balaban J connectivity index is 2.32. The normalized spacial score (nSPS) is 15.1. The van der Waals surface area contributed by atoms with Crippen LogP contribution in [0.5, 0.6) is 5.88 Å². The Morgan fingerprint density at radius 3 is 2.70 bits per heavy atom. The van der Waals surface area contributed by atoms with Crippen LogP contribution in [0.3, 0.4) is 0 Å². The maximum absolute atomic E-state index is 11.1. The molecular formula is C13H20N4O3. The van der Waals surface area contributed by atoms with Gasteiger partial charge in [0.25, 0.3) is 0 Å². The first-order valence-corrected chi connectivity index (χ1v) is 6.52. The maximum atomic E-state index is 11.1. The van der Waals surface area contributed by atoms with E-state index in [-0.39, 0.29) is 18.7 Å². The second-order valence-corrected chi connectivity index (χ2v) is 5.84. The highest BCUT2D eigenvalue weighted by atomic mass is 16.5. The van der Waals surface area contributed by atoms with Crippen molar-refractivity contribution in [3.63, 3.8) is 0 Å². The molecule has 0 saturated carbocycles. The van der Waals surface area contributed by atoms with Gasteiger partial charge >= 0.3 is 6.09 Å². The highest BCUT2D eigenvalue weighted by Crippen LogP contribution is 2.24. The molecule has 20 heavy (non-hydrogen) atoms. The average molecular weight is 280 g/mol. The Labute approximate surface area is 118 Å². The molecule has 0 aliphatic carbocycles. The molecule has 1 aliphatic rings. The smallest absolute Gasteiger partial charge is 0.407 e. The van der Waals surface area contributed by atoms with Crippen LogP contribution in [-0.4, -0.2) is 44.8 Å². The number of nitrogens with zero attached hydrogens (tertiary/aromatic N) is 3. The lowest BCUT2D eigenvalue weighted by atomic mass is 10.1. The van der Waals surface area contributed by atoms with Crippen LogP contribution in [0.15, 0.2) is 0 Å². The monoisotopic (exact) mass is 280 g/mol. The molecule has 0 saturated heterocycles. The first-order valence-electron chi connectivity index (χ1n) is 6.52. The number of carboxylic acid groups (broad SMARTS) is 1. The van der Waals surface area contributed by atoms with Crippen molar-refractivity contribution < 1.29 is 14.6 Å². The third-order valence-electron chi connectivity index (χ3n) is 2.81. The van der Waals surface area contributed by atoms with Gasteiger partial charge in [-0.1, -0.05) is 0 Å². The van der Waals surface area contributed by atoms with Crippen LogP contribution in [0, 0.1) is 6.92 Å². The molecular weight excluding hydrogens is 260 g/mol. The summed E-state index contributed by atoms with van der Waals surface area (Å²) in [4.78, 5) is 21.2. The molecule has 0 atom stereocenters. The molecule has 1 amide bonds. The van der Waals surface area contributed by atoms with Gasteiger partial charge in [-0.2, -0.15) is 4.98 Å². The number of fused-ring (bicyclic) bond motifs is 1. The molecule has 0 aromatic carbocycles. The Kier molecular flexibility index (Phi) is 3.69.